The first-order chi connectivity index (χ1) is 12.4. The van der Waals surface area contributed by atoms with Crippen molar-refractivity contribution in [1.82, 2.24) is 4.90 Å². The van der Waals surface area contributed by atoms with Gasteiger partial charge in [0, 0.05) is 23.7 Å². The average molecular weight is 354 g/mol. The van der Waals surface area contributed by atoms with Gasteiger partial charge in [-0.2, -0.15) is 0 Å². The monoisotopic (exact) mass is 354 g/mol. The van der Waals surface area contributed by atoms with Crippen LogP contribution in [0.5, 0.6) is 0 Å². The summed E-state index contributed by atoms with van der Waals surface area (Å²) in [4.78, 5) is 36.8. The van der Waals surface area contributed by atoms with E-state index in [1.807, 2.05) is 12.1 Å². The van der Waals surface area contributed by atoms with Crippen LogP contribution in [0.1, 0.15) is 40.0 Å². The molecule has 1 unspecified atom stereocenters. The van der Waals surface area contributed by atoms with E-state index in [1.54, 1.807) is 25.1 Å². The molecule has 0 saturated carbocycles. The van der Waals surface area contributed by atoms with E-state index in [1.165, 1.54) is 17.0 Å². The van der Waals surface area contributed by atoms with Gasteiger partial charge in [-0.25, -0.2) is 4.79 Å². The summed E-state index contributed by atoms with van der Waals surface area (Å²) in [6.45, 7) is 2.04. The fourth-order valence-electron chi connectivity index (χ4n) is 3.38. The second kappa shape index (κ2) is 6.95. The van der Waals surface area contributed by atoms with E-state index in [0.29, 0.717) is 24.0 Å². The van der Waals surface area contributed by atoms with Crippen LogP contribution in [0.3, 0.4) is 0 Å². The fraction of sp³-hybridized carbons (Fsp3) is 0.263. The van der Waals surface area contributed by atoms with Crippen molar-refractivity contribution in [3.8, 4) is 0 Å². The molecule has 7 nitrogen and oxygen atoms in total. The molecule has 0 radical (unpaired) electrons. The summed E-state index contributed by atoms with van der Waals surface area (Å²) in [5.41, 5.74) is 2.02. The molecule has 1 aliphatic heterocycles. The number of nitro groups is 1. The highest BCUT2D eigenvalue weighted by Gasteiger charge is 2.36. The summed E-state index contributed by atoms with van der Waals surface area (Å²) in [7, 11) is 0. The molecular weight excluding hydrogens is 336 g/mol. The SMILES string of the molecule is CCc1ccc(C(=O)N2CCc3ccccc3C2C(=O)O)cc1[N+](=O)[O-]. The van der Waals surface area contributed by atoms with Crippen molar-refractivity contribution in [2.24, 2.45) is 0 Å². The Balaban J connectivity index is 2.01. The van der Waals surface area contributed by atoms with Crippen LogP contribution >= 0.6 is 0 Å². The number of rotatable bonds is 4. The third-order valence-electron chi connectivity index (χ3n) is 4.69. The molecule has 1 atom stereocenters. The molecule has 1 heterocycles. The molecule has 0 saturated heterocycles. The zero-order chi connectivity index (χ0) is 18.8. The number of aliphatic carboxylic acids is 1. The molecule has 1 N–H and O–H groups in total. The molecule has 26 heavy (non-hydrogen) atoms. The van der Waals surface area contributed by atoms with Gasteiger partial charge >= 0.3 is 5.97 Å². The van der Waals surface area contributed by atoms with Crippen LogP contribution in [-0.2, 0) is 17.6 Å². The third kappa shape index (κ3) is 3.03. The molecule has 0 bridgehead atoms. The third-order valence-corrected chi connectivity index (χ3v) is 4.69. The molecule has 1 amide bonds. The molecule has 3 rings (SSSR count). The minimum atomic E-state index is -1.12. The zero-order valence-electron chi connectivity index (χ0n) is 14.2. The Bertz CT molecular complexity index is 893. The highest BCUT2D eigenvalue weighted by Crippen LogP contribution is 2.32. The largest absolute Gasteiger partial charge is 0.479 e. The van der Waals surface area contributed by atoms with Crippen LogP contribution in [0.4, 0.5) is 5.69 Å². The molecular formula is C19H18N2O5. The molecule has 0 aromatic heterocycles. The number of benzene rings is 2. The Morgan fingerprint density at radius 2 is 2.00 bits per heavy atom. The second-order valence-corrected chi connectivity index (χ2v) is 6.14. The summed E-state index contributed by atoms with van der Waals surface area (Å²) >= 11 is 0. The Morgan fingerprint density at radius 1 is 1.27 bits per heavy atom. The van der Waals surface area contributed by atoms with Gasteiger partial charge in [0.2, 0.25) is 0 Å². The summed E-state index contributed by atoms with van der Waals surface area (Å²) in [6, 6.07) is 10.3. The van der Waals surface area contributed by atoms with E-state index in [9.17, 15) is 24.8 Å². The van der Waals surface area contributed by atoms with Crippen molar-refractivity contribution in [1.29, 1.82) is 0 Å². The number of carbonyl (C=O) groups excluding carboxylic acids is 1. The van der Waals surface area contributed by atoms with E-state index in [-0.39, 0.29) is 17.8 Å². The lowest BCUT2D eigenvalue weighted by Crippen LogP contribution is -2.43. The van der Waals surface area contributed by atoms with E-state index in [4.69, 9.17) is 0 Å². The lowest BCUT2D eigenvalue weighted by molar-refractivity contribution is -0.385. The van der Waals surface area contributed by atoms with Gasteiger partial charge in [0.25, 0.3) is 11.6 Å². The molecule has 2 aromatic carbocycles. The zero-order valence-corrected chi connectivity index (χ0v) is 14.2. The van der Waals surface area contributed by atoms with Crippen molar-refractivity contribution in [2.45, 2.75) is 25.8 Å². The summed E-state index contributed by atoms with van der Waals surface area (Å²) < 4.78 is 0. The molecule has 7 heteroatoms. The normalized spacial score (nSPS) is 16.0. The maximum atomic E-state index is 12.9. The van der Waals surface area contributed by atoms with Crippen LogP contribution in [0.25, 0.3) is 0 Å². The number of amides is 1. The van der Waals surface area contributed by atoms with Gasteiger partial charge in [0.1, 0.15) is 0 Å². The number of nitro benzene ring substituents is 1. The van der Waals surface area contributed by atoms with Crippen LogP contribution in [0.15, 0.2) is 42.5 Å². The molecule has 0 fully saturated rings. The lowest BCUT2D eigenvalue weighted by Gasteiger charge is -2.34. The van der Waals surface area contributed by atoms with Crippen molar-refractivity contribution >= 4 is 17.6 Å². The van der Waals surface area contributed by atoms with Crippen LogP contribution in [0, 0.1) is 10.1 Å². The van der Waals surface area contributed by atoms with Gasteiger partial charge in [-0.3, -0.25) is 14.9 Å². The van der Waals surface area contributed by atoms with Gasteiger partial charge in [0.15, 0.2) is 6.04 Å². The highest BCUT2D eigenvalue weighted by atomic mass is 16.6. The first-order valence-corrected chi connectivity index (χ1v) is 8.33. The predicted octanol–water partition coefficient (Wildman–Crippen LogP) is 2.98. The first-order valence-electron chi connectivity index (χ1n) is 8.33. The summed E-state index contributed by atoms with van der Waals surface area (Å²) in [5.74, 6) is -1.64. The number of fused-ring (bicyclic) bond motifs is 1. The molecule has 0 aliphatic carbocycles. The molecule has 134 valence electrons. The maximum Gasteiger partial charge on any atom is 0.331 e. The van der Waals surface area contributed by atoms with E-state index in [0.717, 1.165) is 5.56 Å². The quantitative estimate of drug-likeness (QED) is 0.672. The number of carboxylic acids is 1. The minimum Gasteiger partial charge on any atom is -0.479 e. The predicted molar refractivity (Wildman–Crippen MR) is 94.0 cm³/mol. The number of carboxylic acid groups (broad SMARTS) is 1. The minimum absolute atomic E-state index is 0.123. The summed E-state index contributed by atoms with van der Waals surface area (Å²) in [5, 5.41) is 20.9. The molecule has 2 aromatic rings. The van der Waals surface area contributed by atoms with E-state index in [2.05, 4.69) is 0 Å². The Labute approximate surface area is 150 Å². The van der Waals surface area contributed by atoms with Crippen molar-refractivity contribution in [2.75, 3.05) is 6.54 Å². The van der Waals surface area contributed by atoms with Crippen molar-refractivity contribution in [3.05, 3.63) is 74.8 Å². The topological polar surface area (TPSA) is 101 Å². The number of hydrogen-bond acceptors (Lipinski definition) is 4. The van der Waals surface area contributed by atoms with Crippen molar-refractivity contribution in [3.63, 3.8) is 0 Å². The van der Waals surface area contributed by atoms with Crippen LogP contribution < -0.4 is 0 Å². The fourth-order valence-corrected chi connectivity index (χ4v) is 3.38. The number of hydrogen-bond donors (Lipinski definition) is 1. The highest BCUT2D eigenvalue weighted by molar-refractivity contribution is 5.98. The van der Waals surface area contributed by atoms with Crippen molar-refractivity contribution < 1.29 is 19.6 Å². The smallest absolute Gasteiger partial charge is 0.331 e. The van der Waals surface area contributed by atoms with Gasteiger partial charge in [-0.15, -0.1) is 0 Å². The Kier molecular flexibility index (Phi) is 4.71. The van der Waals surface area contributed by atoms with Gasteiger partial charge in [-0.1, -0.05) is 37.3 Å². The van der Waals surface area contributed by atoms with Gasteiger partial charge in [-0.05, 0) is 30.0 Å². The number of nitrogens with zero attached hydrogens (tertiary/aromatic N) is 2. The van der Waals surface area contributed by atoms with Gasteiger partial charge in [0.05, 0.1) is 4.92 Å². The maximum absolute atomic E-state index is 12.9. The average Bonchev–Trinajstić information content (AvgIpc) is 2.65. The Hall–Kier alpha value is -3.22. The Morgan fingerprint density at radius 3 is 2.65 bits per heavy atom. The standard InChI is InChI=1S/C19H18N2O5/c1-2-12-7-8-14(11-16(12)21(25)26)18(22)20-10-9-13-5-3-4-6-15(13)17(20)19(23)24/h3-8,11,17H,2,9-10H2,1H3,(H,23,24). The number of carbonyl (C=O) groups is 2. The second-order valence-electron chi connectivity index (χ2n) is 6.14. The van der Waals surface area contributed by atoms with E-state index < -0.39 is 22.8 Å². The summed E-state index contributed by atoms with van der Waals surface area (Å²) in [6.07, 6.45) is 1.01. The number of aryl methyl sites for hydroxylation is 1. The van der Waals surface area contributed by atoms with Gasteiger partial charge < -0.3 is 10.0 Å². The molecule has 1 aliphatic rings. The first kappa shape index (κ1) is 17.6. The van der Waals surface area contributed by atoms with Crippen LogP contribution in [-0.4, -0.2) is 33.4 Å². The van der Waals surface area contributed by atoms with Crippen LogP contribution in [0.2, 0.25) is 0 Å². The molecule has 0 spiro atoms. The lowest BCUT2D eigenvalue weighted by atomic mass is 9.92. The van der Waals surface area contributed by atoms with E-state index >= 15 is 0 Å².